The first-order chi connectivity index (χ1) is 8.61. The summed E-state index contributed by atoms with van der Waals surface area (Å²) in [7, 11) is 0. The Morgan fingerprint density at radius 3 is 2.72 bits per heavy atom. The van der Waals surface area contributed by atoms with Gasteiger partial charge in [0.1, 0.15) is 5.75 Å². The molecule has 1 heterocycles. The van der Waals surface area contributed by atoms with Crippen LogP contribution in [0.4, 0.5) is 0 Å². The summed E-state index contributed by atoms with van der Waals surface area (Å²) in [5, 5.41) is 1.24. The van der Waals surface area contributed by atoms with Crippen molar-refractivity contribution in [2.75, 3.05) is 6.54 Å². The Morgan fingerprint density at radius 2 is 2.06 bits per heavy atom. The van der Waals surface area contributed by atoms with Crippen molar-refractivity contribution in [1.29, 1.82) is 0 Å². The van der Waals surface area contributed by atoms with Gasteiger partial charge in [0.05, 0.1) is 6.10 Å². The lowest BCUT2D eigenvalue weighted by Crippen LogP contribution is -2.07. The minimum absolute atomic E-state index is 0.211. The summed E-state index contributed by atoms with van der Waals surface area (Å²) in [6, 6.07) is 8.50. The van der Waals surface area contributed by atoms with E-state index < -0.39 is 0 Å². The van der Waals surface area contributed by atoms with Gasteiger partial charge in [0.15, 0.2) is 0 Å². The molecule has 2 aromatic rings. The van der Waals surface area contributed by atoms with E-state index in [0.717, 1.165) is 25.3 Å². The molecule has 2 rings (SSSR count). The van der Waals surface area contributed by atoms with Crippen LogP contribution >= 0.6 is 0 Å². The number of aryl methyl sites for hydroxylation is 2. The Balaban J connectivity index is 2.35. The third-order valence-corrected chi connectivity index (χ3v) is 3.04. The maximum Gasteiger partial charge on any atom is 0.120 e. The molecule has 3 nitrogen and oxygen atoms in total. The average Bonchev–Trinajstić information content (AvgIpc) is 2.60. The molecule has 0 aliphatic heterocycles. The molecule has 0 atom stereocenters. The lowest BCUT2D eigenvalue weighted by molar-refractivity contribution is 0.243. The van der Waals surface area contributed by atoms with Gasteiger partial charge in [0.2, 0.25) is 0 Å². The highest BCUT2D eigenvalue weighted by atomic mass is 16.5. The SMILES string of the molecule is Cc1cc2cc(OC(C)C)ccc2n1CCCN. The van der Waals surface area contributed by atoms with Crippen molar-refractivity contribution in [1.82, 2.24) is 4.57 Å². The van der Waals surface area contributed by atoms with Crippen molar-refractivity contribution in [3.8, 4) is 5.75 Å². The first-order valence-corrected chi connectivity index (χ1v) is 6.58. The maximum absolute atomic E-state index is 5.72. The van der Waals surface area contributed by atoms with Crippen LogP contribution in [0.1, 0.15) is 26.0 Å². The van der Waals surface area contributed by atoms with Gasteiger partial charge in [-0.1, -0.05) is 0 Å². The largest absolute Gasteiger partial charge is 0.491 e. The molecule has 0 unspecified atom stereocenters. The minimum atomic E-state index is 0.211. The van der Waals surface area contributed by atoms with Crippen molar-refractivity contribution in [3.05, 3.63) is 30.0 Å². The van der Waals surface area contributed by atoms with Gasteiger partial charge < -0.3 is 15.0 Å². The Hall–Kier alpha value is -1.48. The van der Waals surface area contributed by atoms with Crippen LogP contribution in [0, 0.1) is 6.92 Å². The van der Waals surface area contributed by atoms with Crippen molar-refractivity contribution in [2.45, 2.75) is 39.8 Å². The van der Waals surface area contributed by atoms with Gasteiger partial charge in [0.25, 0.3) is 0 Å². The number of nitrogens with zero attached hydrogens (tertiary/aromatic N) is 1. The van der Waals surface area contributed by atoms with E-state index in [1.807, 2.05) is 19.9 Å². The average molecular weight is 246 g/mol. The first-order valence-electron chi connectivity index (χ1n) is 6.58. The van der Waals surface area contributed by atoms with E-state index in [1.165, 1.54) is 16.6 Å². The predicted molar refractivity (Wildman–Crippen MR) is 76.1 cm³/mol. The fourth-order valence-corrected chi connectivity index (χ4v) is 2.28. The summed E-state index contributed by atoms with van der Waals surface area (Å²) in [5.41, 5.74) is 8.12. The van der Waals surface area contributed by atoms with Crippen molar-refractivity contribution >= 4 is 10.9 Å². The van der Waals surface area contributed by atoms with Gasteiger partial charge in [0, 0.05) is 23.1 Å². The number of aromatic nitrogens is 1. The second-order valence-electron chi connectivity index (χ2n) is 4.97. The highest BCUT2D eigenvalue weighted by Crippen LogP contribution is 2.25. The van der Waals surface area contributed by atoms with Crippen molar-refractivity contribution in [3.63, 3.8) is 0 Å². The van der Waals surface area contributed by atoms with Gasteiger partial charge in [-0.15, -0.1) is 0 Å². The van der Waals surface area contributed by atoms with E-state index in [1.54, 1.807) is 0 Å². The highest BCUT2D eigenvalue weighted by Gasteiger charge is 2.07. The molecule has 2 N–H and O–H groups in total. The van der Waals surface area contributed by atoms with Gasteiger partial charge >= 0.3 is 0 Å². The molecule has 0 aliphatic carbocycles. The van der Waals surface area contributed by atoms with Gasteiger partial charge in [-0.3, -0.25) is 0 Å². The Morgan fingerprint density at radius 1 is 1.28 bits per heavy atom. The van der Waals surface area contributed by atoms with Crippen molar-refractivity contribution in [2.24, 2.45) is 5.73 Å². The zero-order valence-corrected chi connectivity index (χ0v) is 11.4. The van der Waals surface area contributed by atoms with E-state index in [-0.39, 0.29) is 6.10 Å². The van der Waals surface area contributed by atoms with Crippen LogP contribution < -0.4 is 10.5 Å². The second kappa shape index (κ2) is 5.44. The molecular weight excluding hydrogens is 224 g/mol. The quantitative estimate of drug-likeness (QED) is 0.880. The minimum Gasteiger partial charge on any atom is -0.491 e. The third kappa shape index (κ3) is 2.67. The van der Waals surface area contributed by atoms with Gasteiger partial charge in [-0.2, -0.15) is 0 Å². The molecule has 1 aromatic heterocycles. The number of nitrogens with two attached hydrogens (primary N) is 1. The summed E-state index contributed by atoms with van der Waals surface area (Å²) in [5.74, 6) is 0.938. The van der Waals surface area contributed by atoms with Crippen LogP contribution in [0.5, 0.6) is 5.75 Å². The van der Waals surface area contributed by atoms with Crippen LogP contribution in [0.25, 0.3) is 10.9 Å². The zero-order valence-electron chi connectivity index (χ0n) is 11.4. The first kappa shape index (κ1) is 13.0. The maximum atomic E-state index is 5.72. The molecule has 0 amide bonds. The van der Waals surface area contributed by atoms with E-state index >= 15 is 0 Å². The van der Waals surface area contributed by atoms with Crippen LogP contribution in [0.15, 0.2) is 24.3 Å². The lowest BCUT2D eigenvalue weighted by atomic mass is 10.2. The predicted octanol–water partition coefficient (Wildman–Crippen LogP) is 3.09. The Labute approximate surface area is 109 Å². The van der Waals surface area contributed by atoms with Crippen LogP contribution in [-0.2, 0) is 6.54 Å². The summed E-state index contributed by atoms with van der Waals surface area (Å²) in [6.45, 7) is 7.94. The molecule has 0 radical (unpaired) electrons. The fraction of sp³-hybridized carbons (Fsp3) is 0.467. The molecule has 0 saturated carbocycles. The van der Waals surface area contributed by atoms with E-state index in [2.05, 4.69) is 29.7 Å². The number of rotatable bonds is 5. The van der Waals surface area contributed by atoms with Gasteiger partial charge in [-0.05, 0) is 58.0 Å². The Bertz CT molecular complexity index is 529. The van der Waals surface area contributed by atoms with E-state index in [4.69, 9.17) is 10.5 Å². The zero-order chi connectivity index (χ0) is 13.1. The molecule has 98 valence electrons. The summed E-state index contributed by atoms with van der Waals surface area (Å²) in [6.07, 6.45) is 1.22. The van der Waals surface area contributed by atoms with Crippen LogP contribution in [0.3, 0.4) is 0 Å². The molecule has 3 heteroatoms. The summed E-state index contributed by atoms with van der Waals surface area (Å²) >= 11 is 0. The molecule has 0 fully saturated rings. The molecule has 0 saturated heterocycles. The number of hydrogen-bond donors (Lipinski definition) is 1. The molecule has 0 aliphatic rings. The number of fused-ring (bicyclic) bond motifs is 1. The standard InChI is InChI=1S/C15H22N2O/c1-11(2)18-14-5-6-15-13(10-14)9-12(3)17(15)8-4-7-16/h5-6,9-11H,4,7-8,16H2,1-3H3. The van der Waals surface area contributed by atoms with E-state index in [9.17, 15) is 0 Å². The van der Waals surface area contributed by atoms with Crippen molar-refractivity contribution < 1.29 is 4.74 Å². The topological polar surface area (TPSA) is 40.2 Å². The third-order valence-electron chi connectivity index (χ3n) is 3.04. The highest BCUT2D eigenvalue weighted by molar-refractivity contribution is 5.82. The fourth-order valence-electron chi connectivity index (χ4n) is 2.28. The molecule has 1 aromatic carbocycles. The number of hydrogen-bond acceptors (Lipinski definition) is 2. The van der Waals surface area contributed by atoms with Crippen LogP contribution in [-0.4, -0.2) is 17.2 Å². The second-order valence-corrected chi connectivity index (χ2v) is 4.97. The molecular formula is C15H22N2O. The number of ether oxygens (including phenoxy) is 1. The lowest BCUT2D eigenvalue weighted by Gasteiger charge is -2.10. The number of benzene rings is 1. The Kier molecular flexibility index (Phi) is 3.92. The van der Waals surface area contributed by atoms with E-state index in [0.29, 0.717) is 0 Å². The van der Waals surface area contributed by atoms with Crippen LogP contribution in [0.2, 0.25) is 0 Å². The monoisotopic (exact) mass is 246 g/mol. The molecule has 0 spiro atoms. The molecule has 0 bridgehead atoms. The normalized spacial score (nSPS) is 11.4. The summed E-state index contributed by atoms with van der Waals surface area (Å²) < 4.78 is 8.04. The van der Waals surface area contributed by atoms with Gasteiger partial charge in [-0.25, -0.2) is 0 Å². The summed E-state index contributed by atoms with van der Waals surface area (Å²) in [4.78, 5) is 0. The molecule has 18 heavy (non-hydrogen) atoms. The smallest absolute Gasteiger partial charge is 0.120 e.